The van der Waals surface area contributed by atoms with Crippen LogP contribution in [-0.2, 0) is 11.3 Å². The summed E-state index contributed by atoms with van der Waals surface area (Å²) in [6.07, 6.45) is 2.48. The summed E-state index contributed by atoms with van der Waals surface area (Å²) in [5.41, 5.74) is 1.91. The molecule has 2 aromatic carbocycles. The normalized spacial score (nSPS) is 14.2. The van der Waals surface area contributed by atoms with Gasteiger partial charge in [0.1, 0.15) is 0 Å². The number of benzene rings is 2. The van der Waals surface area contributed by atoms with Gasteiger partial charge in [-0.2, -0.15) is 0 Å². The van der Waals surface area contributed by atoms with E-state index < -0.39 is 0 Å². The third-order valence-electron chi connectivity index (χ3n) is 5.12. The number of aromatic nitrogens is 3. The number of carbonyl (C=O) groups excluding carboxylic acids is 1. The fourth-order valence-electron chi connectivity index (χ4n) is 3.49. The Morgan fingerprint density at radius 3 is 2.34 bits per heavy atom. The molecule has 0 N–H and O–H groups in total. The van der Waals surface area contributed by atoms with Gasteiger partial charge in [0.25, 0.3) is 0 Å². The molecular weight excluding hydrogens is 382 g/mol. The summed E-state index contributed by atoms with van der Waals surface area (Å²) < 4.78 is 2.08. The lowest BCUT2D eigenvalue weighted by Crippen LogP contribution is -2.28. The van der Waals surface area contributed by atoms with Crippen molar-refractivity contribution < 1.29 is 4.79 Å². The van der Waals surface area contributed by atoms with Gasteiger partial charge < -0.3 is 4.90 Å². The van der Waals surface area contributed by atoms with Crippen LogP contribution in [0.4, 0.5) is 5.69 Å². The van der Waals surface area contributed by atoms with Crippen LogP contribution in [0.2, 0.25) is 0 Å². The van der Waals surface area contributed by atoms with Crippen molar-refractivity contribution in [3.63, 3.8) is 0 Å². The third-order valence-corrected chi connectivity index (χ3v) is 6.03. The molecule has 2 heterocycles. The summed E-state index contributed by atoms with van der Waals surface area (Å²) in [5.74, 6) is 1.26. The Morgan fingerprint density at radius 1 is 1.00 bits per heavy atom. The number of anilines is 1. The van der Waals surface area contributed by atoms with Crippen LogP contribution in [0.25, 0.3) is 5.69 Å². The number of likely N-dealkylation sites (tertiary alicyclic amines) is 1. The number of para-hydroxylation sites is 2. The Hall–Kier alpha value is -2.64. The maximum absolute atomic E-state index is 12.7. The van der Waals surface area contributed by atoms with Crippen LogP contribution < -0.4 is 4.90 Å². The maximum atomic E-state index is 12.7. The third kappa shape index (κ3) is 4.68. The summed E-state index contributed by atoms with van der Waals surface area (Å²) in [5, 5.41) is 9.63. The predicted molar refractivity (Wildman–Crippen MR) is 116 cm³/mol. The Balaban J connectivity index is 1.52. The number of nitrogens with zero attached hydrogens (tertiary/aromatic N) is 5. The second kappa shape index (κ2) is 9.24. The fraction of sp³-hybridized carbons (Fsp3) is 0.318. The number of thioether (sulfide) groups is 1. The molecular formula is C22H25N5OS. The highest BCUT2D eigenvalue weighted by Gasteiger charge is 2.20. The molecule has 0 atom stereocenters. The second-order valence-electron chi connectivity index (χ2n) is 7.13. The summed E-state index contributed by atoms with van der Waals surface area (Å²) in [6, 6.07) is 19.8. The molecule has 0 bridgehead atoms. The molecule has 7 heteroatoms. The number of rotatable bonds is 7. The SMILES string of the molecule is CN(C(=O)CSc1nnc(CN2CCCC2)n1-c1ccccc1)c1ccccc1. The highest BCUT2D eigenvalue weighted by molar-refractivity contribution is 7.99. The lowest BCUT2D eigenvalue weighted by molar-refractivity contribution is -0.115. The van der Waals surface area contributed by atoms with Crippen molar-refractivity contribution in [2.24, 2.45) is 0 Å². The number of carbonyl (C=O) groups is 1. The zero-order valence-electron chi connectivity index (χ0n) is 16.6. The quantitative estimate of drug-likeness (QED) is 0.560. The van der Waals surface area contributed by atoms with E-state index in [9.17, 15) is 4.79 Å². The van der Waals surface area contributed by atoms with Gasteiger partial charge in [0.05, 0.1) is 12.3 Å². The van der Waals surface area contributed by atoms with Crippen molar-refractivity contribution in [1.29, 1.82) is 0 Å². The molecule has 1 fully saturated rings. The Labute approximate surface area is 175 Å². The topological polar surface area (TPSA) is 54.3 Å². The molecule has 0 unspecified atom stereocenters. The molecule has 1 aromatic heterocycles. The second-order valence-corrected chi connectivity index (χ2v) is 8.07. The minimum atomic E-state index is 0.0323. The fourth-order valence-corrected chi connectivity index (χ4v) is 4.38. The Bertz CT molecular complexity index is 938. The Kier molecular flexibility index (Phi) is 6.27. The highest BCUT2D eigenvalue weighted by atomic mass is 32.2. The van der Waals surface area contributed by atoms with E-state index in [2.05, 4.69) is 31.8 Å². The zero-order valence-corrected chi connectivity index (χ0v) is 17.4. The largest absolute Gasteiger partial charge is 0.315 e. The molecule has 0 spiro atoms. The van der Waals surface area contributed by atoms with Gasteiger partial charge in [-0.3, -0.25) is 14.3 Å². The molecule has 29 heavy (non-hydrogen) atoms. The zero-order chi connectivity index (χ0) is 20.1. The van der Waals surface area contributed by atoms with E-state index in [1.807, 2.05) is 48.5 Å². The van der Waals surface area contributed by atoms with E-state index >= 15 is 0 Å². The van der Waals surface area contributed by atoms with Crippen molar-refractivity contribution in [3.8, 4) is 5.69 Å². The monoisotopic (exact) mass is 407 g/mol. The van der Waals surface area contributed by atoms with Crippen LogP contribution in [0.15, 0.2) is 65.8 Å². The Morgan fingerprint density at radius 2 is 1.66 bits per heavy atom. The van der Waals surface area contributed by atoms with E-state index in [1.54, 1.807) is 11.9 Å². The smallest absolute Gasteiger partial charge is 0.237 e. The summed E-state index contributed by atoms with van der Waals surface area (Å²) in [4.78, 5) is 16.8. The van der Waals surface area contributed by atoms with Crippen molar-refractivity contribution in [1.82, 2.24) is 19.7 Å². The molecule has 6 nitrogen and oxygen atoms in total. The average molecular weight is 408 g/mol. The number of amides is 1. The van der Waals surface area contributed by atoms with E-state index in [0.29, 0.717) is 5.75 Å². The van der Waals surface area contributed by atoms with Crippen molar-refractivity contribution in [2.45, 2.75) is 24.5 Å². The predicted octanol–water partition coefficient (Wildman–Crippen LogP) is 3.62. The van der Waals surface area contributed by atoms with E-state index in [1.165, 1.54) is 24.6 Å². The van der Waals surface area contributed by atoms with E-state index in [4.69, 9.17) is 0 Å². The van der Waals surface area contributed by atoms with Gasteiger partial charge in [-0.15, -0.1) is 10.2 Å². The lowest BCUT2D eigenvalue weighted by atomic mass is 10.3. The molecule has 4 rings (SSSR count). The van der Waals surface area contributed by atoms with Crippen LogP contribution in [0.1, 0.15) is 18.7 Å². The van der Waals surface area contributed by atoms with Gasteiger partial charge in [0.15, 0.2) is 11.0 Å². The first kappa shape index (κ1) is 19.7. The van der Waals surface area contributed by atoms with Gasteiger partial charge in [0, 0.05) is 18.4 Å². The first-order valence-electron chi connectivity index (χ1n) is 9.89. The number of hydrogen-bond donors (Lipinski definition) is 0. The van der Waals surface area contributed by atoms with Gasteiger partial charge in [-0.25, -0.2) is 0 Å². The number of hydrogen-bond acceptors (Lipinski definition) is 5. The minimum absolute atomic E-state index is 0.0323. The standard InChI is InChI=1S/C22H25N5OS/c1-25(18-10-4-2-5-11-18)21(28)17-29-22-24-23-20(16-26-14-8-9-15-26)27(22)19-12-6-3-7-13-19/h2-7,10-13H,8-9,14-17H2,1H3. The van der Waals surface area contributed by atoms with E-state index in [-0.39, 0.29) is 5.91 Å². The molecule has 1 aliphatic rings. The molecule has 0 aliphatic carbocycles. The average Bonchev–Trinajstić information content (AvgIpc) is 3.43. The maximum Gasteiger partial charge on any atom is 0.237 e. The summed E-state index contributed by atoms with van der Waals surface area (Å²) in [6.45, 7) is 2.98. The van der Waals surface area contributed by atoms with Crippen LogP contribution in [0, 0.1) is 0 Å². The summed E-state index contributed by atoms with van der Waals surface area (Å²) in [7, 11) is 1.80. The minimum Gasteiger partial charge on any atom is -0.315 e. The van der Waals surface area contributed by atoms with Crippen molar-refractivity contribution >= 4 is 23.4 Å². The molecule has 150 valence electrons. The van der Waals surface area contributed by atoms with Crippen molar-refractivity contribution in [2.75, 3.05) is 30.8 Å². The van der Waals surface area contributed by atoms with Crippen LogP contribution in [0.5, 0.6) is 0 Å². The molecule has 3 aromatic rings. The van der Waals surface area contributed by atoms with Crippen LogP contribution >= 0.6 is 11.8 Å². The van der Waals surface area contributed by atoms with Crippen LogP contribution in [0.3, 0.4) is 0 Å². The lowest BCUT2D eigenvalue weighted by Gasteiger charge is -2.18. The first-order chi connectivity index (χ1) is 14.2. The van der Waals surface area contributed by atoms with Gasteiger partial charge in [-0.1, -0.05) is 48.2 Å². The van der Waals surface area contributed by atoms with Gasteiger partial charge >= 0.3 is 0 Å². The molecule has 0 saturated carbocycles. The van der Waals surface area contributed by atoms with E-state index in [0.717, 1.165) is 42.0 Å². The molecule has 1 amide bonds. The van der Waals surface area contributed by atoms with Crippen LogP contribution in [-0.4, -0.2) is 51.5 Å². The molecule has 1 saturated heterocycles. The van der Waals surface area contributed by atoms with Gasteiger partial charge in [0.2, 0.25) is 5.91 Å². The molecule has 1 aliphatic heterocycles. The first-order valence-corrected chi connectivity index (χ1v) is 10.9. The van der Waals surface area contributed by atoms with Gasteiger partial charge in [-0.05, 0) is 50.2 Å². The highest BCUT2D eigenvalue weighted by Crippen LogP contribution is 2.24. The molecule has 0 radical (unpaired) electrons. The summed E-state index contributed by atoms with van der Waals surface area (Å²) >= 11 is 1.43. The van der Waals surface area contributed by atoms with Crippen molar-refractivity contribution in [3.05, 3.63) is 66.5 Å².